The Morgan fingerprint density at radius 1 is 0.288 bits per heavy atom. The first kappa shape index (κ1) is 42.4. The average molecular weight is 930 g/mol. The molecule has 2 heteroatoms. The van der Waals surface area contributed by atoms with Gasteiger partial charge in [-0.05, 0) is 132 Å². The zero-order chi connectivity index (χ0) is 48.3. The summed E-state index contributed by atoms with van der Waals surface area (Å²) in [5, 5.41) is 4.74. The van der Waals surface area contributed by atoms with Crippen LogP contribution in [0, 0.1) is 0 Å². The molecular formula is C71H47NO. The minimum absolute atomic E-state index is 0.490. The maximum absolute atomic E-state index is 6.60. The van der Waals surface area contributed by atoms with Crippen molar-refractivity contribution in [1.29, 1.82) is 0 Å². The molecule has 0 radical (unpaired) electrons. The molecule has 0 fully saturated rings. The Morgan fingerprint density at radius 2 is 0.795 bits per heavy atom. The van der Waals surface area contributed by atoms with Gasteiger partial charge in [0, 0.05) is 33.4 Å². The normalized spacial score (nSPS) is 12.5. The number of furan rings is 1. The fourth-order valence-corrected chi connectivity index (χ4v) is 11.8. The van der Waals surface area contributed by atoms with Gasteiger partial charge in [0.2, 0.25) is 0 Å². The first-order valence-corrected chi connectivity index (χ1v) is 25.1. The van der Waals surface area contributed by atoms with Crippen molar-refractivity contribution in [2.24, 2.45) is 0 Å². The summed E-state index contributed by atoms with van der Waals surface area (Å²) in [6.07, 6.45) is 0. The maximum Gasteiger partial charge on any atom is 0.143 e. The molecule has 0 unspecified atom stereocenters. The minimum atomic E-state index is -0.490. The molecule has 0 atom stereocenters. The Balaban J connectivity index is 0.902. The van der Waals surface area contributed by atoms with Crippen LogP contribution in [0.5, 0.6) is 0 Å². The lowest BCUT2D eigenvalue weighted by Crippen LogP contribution is -2.28. The van der Waals surface area contributed by atoms with Gasteiger partial charge in [-0.1, -0.05) is 237 Å². The number of fused-ring (bicyclic) bond motifs is 7. The standard InChI is InChI=1S/C71H47NO/c1-3-21-56(22-4-1)71(57-23-5-2-6-24-57)66-32-11-9-28-65(66)69-61(29-16-33-67(69)71)54-19-13-25-59(46-54)72(60-26-14-20-55(47-60)62-30-15-31-64-63-27-10-12-34-68(63)73-70(62)64)58-43-41-50(42-44-58)49-35-37-51(38-36-49)53-40-39-48-17-7-8-18-52(48)45-53/h1-47H. The molecule has 12 aromatic carbocycles. The Bertz CT molecular complexity index is 4150. The molecule has 0 aliphatic heterocycles. The zero-order valence-corrected chi connectivity index (χ0v) is 40.0. The Hall–Kier alpha value is -9.50. The lowest BCUT2D eigenvalue weighted by atomic mass is 9.67. The van der Waals surface area contributed by atoms with E-state index in [-0.39, 0.29) is 0 Å². The smallest absolute Gasteiger partial charge is 0.143 e. The van der Waals surface area contributed by atoms with Crippen LogP contribution in [-0.4, -0.2) is 0 Å². The van der Waals surface area contributed by atoms with Crippen molar-refractivity contribution in [3.8, 4) is 55.6 Å². The van der Waals surface area contributed by atoms with Gasteiger partial charge in [-0.25, -0.2) is 0 Å². The number of benzene rings is 12. The molecule has 1 heterocycles. The van der Waals surface area contributed by atoms with E-state index in [9.17, 15) is 0 Å². The van der Waals surface area contributed by atoms with Gasteiger partial charge in [0.25, 0.3) is 0 Å². The van der Waals surface area contributed by atoms with E-state index in [1.807, 2.05) is 6.07 Å². The first-order chi connectivity index (χ1) is 36.2. The van der Waals surface area contributed by atoms with Crippen LogP contribution in [0.25, 0.3) is 88.3 Å². The van der Waals surface area contributed by atoms with E-state index >= 15 is 0 Å². The Morgan fingerprint density at radius 3 is 1.52 bits per heavy atom. The van der Waals surface area contributed by atoms with Crippen LogP contribution in [0.3, 0.4) is 0 Å². The predicted octanol–water partition coefficient (Wildman–Crippen LogP) is 19.2. The van der Waals surface area contributed by atoms with E-state index in [1.165, 1.54) is 66.4 Å². The van der Waals surface area contributed by atoms with Gasteiger partial charge >= 0.3 is 0 Å². The number of hydrogen-bond acceptors (Lipinski definition) is 2. The van der Waals surface area contributed by atoms with Crippen LogP contribution < -0.4 is 4.90 Å². The van der Waals surface area contributed by atoms with Crippen molar-refractivity contribution >= 4 is 49.8 Å². The zero-order valence-electron chi connectivity index (χ0n) is 40.0. The van der Waals surface area contributed by atoms with Crippen molar-refractivity contribution < 1.29 is 4.42 Å². The molecule has 0 saturated carbocycles. The van der Waals surface area contributed by atoms with Gasteiger partial charge in [-0.15, -0.1) is 0 Å². The third-order valence-electron chi connectivity index (χ3n) is 15.1. The summed E-state index contributed by atoms with van der Waals surface area (Å²) in [4.78, 5) is 2.40. The predicted molar refractivity (Wildman–Crippen MR) is 305 cm³/mol. The van der Waals surface area contributed by atoms with Gasteiger partial charge in [0.1, 0.15) is 11.2 Å². The molecule has 1 aliphatic rings. The fourth-order valence-electron chi connectivity index (χ4n) is 11.8. The van der Waals surface area contributed by atoms with Crippen LogP contribution in [0.1, 0.15) is 22.3 Å². The monoisotopic (exact) mass is 929 g/mol. The van der Waals surface area contributed by atoms with Crippen molar-refractivity contribution in [2.45, 2.75) is 5.41 Å². The number of hydrogen-bond donors (Lipinski definition) is 0. The third kappa shape index (κ3) is 7.02. The summed E-state index contributed by atoms with van der Waals surface area (Å²) < 4.78 is 6.60. The second-order valence-corrected chi connectivity index (χ2v) is 19.2. The summed E-state index contributed by atoms with van der Waals surface area (Å²) in [7, 11) is 0. The topological polar surface area (TPSA) is 16.4 Å². The minimum Gasteiger partial charge on any atom is -0.455 e. The van der Waals surface area contributed by atoms with E-state index in [0.717, 1.165) is 61.3 Å². The molecule has 342 valence electrons. The van der Waals surface area contributed by atoms with Crippen LogP contribution >= 0.6 is 0 Å². The Kier molecular flexibility index (Phi) is 10.1. The molecule has 73 heavy (non-hydrogen) atoms. The van der Waals surface area contributed by atoms with Crippen molar-refractivity contribution in [1.82, 2.24) is 0 Å². The van der Waals surface area contributed by atoms with Crippen LogP contribution in [-0.2, 0) is 5.41 Å². The summed E-state index contributed by atoms with van der Waals surface area (Å²) in [6, 6.07) is 104. The summed E-state index contributed by atoms with van der Waals surface area (Å²) in [5.41, 5.74) is 21.3. The van der Waals surface area contributed by atoms with Gasteiger partial charge in [0.05, 0.1) is 5.41 Å². The second kappa shape index (κ2) is 17.4. The molecule has 0 N–H and O–H groups in total. The van der Waals surface area contributed by atoms with E-state index in [0.29, 0.717) is 0 Å². The highest BCUT2D eigenvalue weighted by molar-refractivity contribution is 6.09. The molecule has 1 aromatic heterocycles. The quantitative estimate of drug-likeness (QED) is 0.143. The highest BCUT2D eigenvalue weighted by atomic mass is 16.3. The summed E-state index contributed by atoms with van der Waals surface area (Å²) >= 11 is 0. The number of para-hydroxylation sites is 2. The molecule has 13 aromatic rings. The molecule has 0 spiro atoms. The highest BCUT2D eigenvalue weighted by Gasteiger charge is 2.46. The average Bonchev–Trinajstić information content (AvgIpc) is 4.00. The van der Waals surface area contributed by atoms with Crippen molar-refractivity contribution in [2.75, 3.05) is 4.90 Å². The second-order valence-electron chi connectivity index (χ2n) is 19.2. The summed E-state index contributed by atoms with van der Waals surface area (Å²) in [5.74, 6) is 0. The van der Waals surface area contributed by atoms with Crippen molar-refractivity contribution in [3.05, 3.63) is 307 Å². The largest absolute Gasteiger partial charge is 0.455 e. The van der Waals surface area contributed by atoms with Gasteiger partial charge < -0.3 is 9.32 Å². The SMILES string of the molecule is c1ccc(C2(c3ccccc3)c3ccccc3-c3c(-c4cccc(N(c5ccc(-c6ccc(-c7ccc8ccccc8c7)cc6)cc5)c5cccc(-c6cccc7c6oc6ccccc67)c5)c4)cccc32)cc1. The first-order valence-electron chi connectivity index (χ1n) is 25.1. The number of anilines is 3. The highest BCUT2D eigenvalue weighted by Crippen LogP contribution is 2.58. The molecule has 14 rings (SSSR count). The number of nitrogens with zero attached hydrogens (tertiary/aromatic N) is 1. The van der Waals surface area contributed by atoms with E-state index in [4.69, 9.17) is 4.42 Å². The van der Waals surface area contributed by atoms with Crippen LogP contribution in [0.4, 0.5) is 17.1 Å². The van der Waals surface area contributed by atoms with Gasteiger partial charge in [0.15, 0.2) is 0 Å². The molecule has 0 bridgehead atoms. The van der Waals surface area contributed by atoms with Crippen LogP contribution in [0.2, 0.25) is 0 Å². The van der Waals surface area contributed by atoms with Gasteiger partial charge in [-0.2, -0.15) is 0 Å². The fraction of sp³-hybridized carbons (Fsp3) is 0.0141. The molecule has 0 amide bonds. The molecular weight excluding hydrogens is 883 g/mol. The Labute approximate surface area is 425 Å². The third-order valence-corrected chi connectivity index (χ3v) is 15.1. The maximum atomic E-state index is 6.60. The van der Waals surface area contributed by atoms with E-state index in [2.05, 4.69) is 284 Å². The van der Waals surface area contributed by atoms with Crippen molar-refractivity contribution in [3.63, 3.8) is 0 Å². The van der Waals surface area contributed by atoms with E-state index in [1.54, 1.807) is 0 Å². The molecule has 0 saturated heterocycles. The van der Waals surface area contributed by atoms with E-state index < -0.39 is 5.41 Å². The number of rotatable bonds is 9. The van der Waals surface area contributed by atoms with Crippen LogP contribution in [0.15, 0.2) is 290 Å². The van der Waals surface area contributed by atoms with Gasteiger partial charge in [-0.3, -0.25) is 0 Å². The molecule has 2 nitrogen and oxygen atoms in total. The summed E-state index contributed by atoms with van der Waals surface area (Å²) in [6.45, 7) is 0. The lowest BCUT2D eigenvalue weighted by Gasteiger charge is -2.34. The lowest BCUT2D eigenvalue weighted by molar-refractivity contribution is 0.670. The molecule has 1 aliphatic carbocycles.